The number of rotatable bonds is 13. The monoisotopic (exact) mass is 312 g/mol. The Morgan fingerprint density at radius 1 is 0.909 bits per heavy atom. The van der Waals surface area contributed by atoms with Gasteiger partial charge in [-0.1, -0.05) is 78.1 Å². The van der Waals surface area contributed by atoms with E-state index in [0.717, 1.165) is 25.7 Å². The Labute approximate surface area is 136 Å². The summed E-state index contributed by atoms with van der Waals surface area (Å²) in [6.07, 6.45) is 15.2. The van der Waals surface area contributed by atoms with Crippen molar-refractivity contribution < 1.29 is 14.6 Å². The van der Waals surface area contributed by atoms with Gasteiger partial charge >= 0.3 is 5.97 Å². The van der Waals surface area contributed by atoms with Crippen LogP contribution in [0.15, 0.2) is 0 Å². The molecule has 1 fully saturated rings. The second-order valence-electron chi connectivity index (χ2n) is 6.92. The van der Waals surface area contributed by atoms with E-state index < -0.39 is 12.1 Å². The van der Waals surface area contributed by atoms with Gasteiger partial charge in [0.2, 0.25) is 0 Å². The van der Waals surface area contributed by atoms with Gasteiger partial charge in [-0.15, -0.1) is 0 Å². The molecule has 0 saturated carbocycles. The van der Waals surface area contributed by atoms with E-state index in [1.165, 1.54) is 57.8 Å². The minimum absolute atomic E-state index is 0.184. The van der Waals surface area contributed by atoms with Gasteiger partial charge in [-0.25, -0.2) is 4.79 Å². The van der Waals surface area contributed by atoms with E-state index in [1.807, 2.05) is 0 Å². The Morgan fingerprint density at radius 2 is 1.45 bits per heavy atom. The Hall–Kier alpha value is -0.570. The van der Waals surface area contributed by atoms with Crippen LogP contribution in [-0.2, 0) is 9.53 Å². The second kappa shape index (κ2) is 11.9. The van der Waals surface area contributed by atoms with Crippen molar-refractivity contribution >= 4 is 5.97 Å². The molecule has 1 N–H and O–H groups in total. The van der Waals surface area contributed by atoms with Crippen LogP contribution in [0.3, 0.4) is 0 Å². The van der Waals surface area contributed by atoms with Crippen LogP contribution in [0.25, 0.3) is 0 Å². The van der Waals surface area contributed by atoms with Crippen molar-refractivity contribution in [1.29, 1.82) is 0 Å². The smallest absolute Gasteiger partial charge is 0.333 e. The molecule has 3 nitrogen and oxygen atoms in total. The number of hydrogen-bond acceptors (Lipinski definition) is 2. The summed E-state index contributed by atoms with van der Waals surface area (Å²) in [4.78, 5) is 11.4. The van der Waals surface area contributed by atoms with Crippen molar-refractivity contribution in [3.63, 3.8) is 0 Å². The SMILES string of the molecule is CCCCCCCC1CC(CCCCCCC)C(C(=O)O)O1. The molecule has 0 amide bonds. The topological polar surface area (TPSA) is 46.5 Å². The highest BCUT2D eigenvalue weighted by molar-refractivity contribution is 5.73. The van der Waals surface area contributed by atoms with Crippen molar-refractivity contribution in [2.24, 2.45) is 5.92 Å². The third-order valence-electron chi connectivity index (χ3n) is 4.88. The summed E-state index contributed by atoms with van der Waals surface area (Å²) in [5.74, 6) is -0.521. The molecule has 0 aromatic heterocycles. The predicted octanol–water partition coefficient (Wildman–Crippen LogP) is 5.57. The minimum atomic E-state index is -0.757. The maximum atomic E-state index is 11.4. The fourth-order valence-electron chi connectivity index (χ4n) is 3.54. The van der Waals surface area contributed by atoms with Gasteiger partial charge in [0, 0.05) is 0 Å². The molecule has 1 saturated heterocycles. The van der Waals surface area contributed by atoms with Gasteiger partial charge in [-0.2, -0.15) is 0 Å². The van der Waals surface area contributed by atoms with E-state index in [0.29, 0.717) is 0 Å². The fraction of sp³-hybridized carbons (Fsp3) is 0.947. The van der Waals surface area contributed by atoms with Crippen LogP contribution in [-0.4, -0.2) is 23.3 Å². The van der Waals surface area contributed by atoms with Gasteiger partial charge in [-0.05, 0) is 25.2 Å². The lowest BCUT2D eigenvalue weighted by atomic mass is 9.91. The summed E-state index contributed by atoms with van der Waals surface area (Å²) in [5.41, 5.74) is 0. The zero-order chi connectivity index (χ0) is 16.2. The molecule has 0 radical (unpaired) electrons. The maximum absolute atomic E-state index is 11.4. The Balaban J connectivity index is 2.23. The largest absolute Gasteiger partial charge is 0.479 e. The molecule has 0 aliphatic carbocycles. The minimum Gasteiger partial charge on any atom is -0.479 e. The number of hydrogen-bond donors (Lipinski definition) is 1. The quantitative estimate of drug-likeness (QED) is 0.452. The molecule has 0 aromatic carbocycles. The van der Waals surface area contributed by atoms with E-state index in [4.69, 9.17) is 4.74 Å². The van der Waals surface area contributed by atoms with Crippen molar-refractivity contribution in [1.82, 2.24) is 0 Å². The van der Waals surface area contributed by atoms with Gasteiger partial charge in [0.1, 0.15) is 0 Å². The van der Waals surface area contributed by atoms with E-state index in [-0.39, 0.29) is 12.0 Å². The Morgan fingerprint density at radius 3 is 2.00 bits per heavy atom. The number of ether oxygens (including phenoxy) is 1. The van der Waals surface area contributed by atoms with Gasteiger partial charge in [0.15, 0.2) is 6.10 Å². The van der Waals surface area contributed by atoms with E-state index >= 15 is 0 Å². The number of carboxylic acid groups (broad SMARTS) is 1. The summed E-state index contributed by atoms with van der Waals surface area (Å²) in [5, 5.41) is 9.36. The lowest BCUT2D eigenvalue weighted by Gasteiger charge is -2.13. The van der Waals surface area contributed by atoms with Crippen LogP contribution in [0.2, 0.25) is 0 Å². The van der Waals surface area contributed by atoms with E-state index in [9.17, 15) is 9.90 Å². The molecular weight excluding hydrogens is 276 g/mol. The zero-order valence-electron chi connectivity index (χ0n) is 14.7. The van der Waals surface area contributed by atoms with Crippen molar-refractivity contribution in [2.45, 2.75) is 110 Å². The van der Waals surface area contributed by atoms with Crippen LogP contribution in [0.4, 0.5) is 0 Å². The highest BCUT2D eigenvalue weighted by Crippen LogP contribution is 2.33. The molecule has 1 heterocycles. The van der Waals surface area contributed by atoms with Gasteiger partial charge in [-0.3, -0.25) is 0 Å². The molecule has 1 aliphatic heterocycles. The predicted molar refractivity (Wildman–Crippen MR) is 91.2 cm³/mol. The second-order valence-corrected chi connectivity index (χ2v) is 6.92. The fourth-order valence-corrected chi connectivity index (χ4v) is 3.54. The van der Waals surface area contributed by atoms with Crippen molar-refractivity contribution in [3.8, 4) is 0 Å². The molecule has 3 atom stereocenters. The number of aliphatic carboxylic acids is 1. The van der Waals surface area contributed by atoms with Crippen LogP contribution in [0.5, 0.6) is 0 Å². The zero-order valence-corrected chi connectivity index (χ0v) is 14.7. The maximum Gasteiger partial charge on any atom is 0.333 e. The average Bonchev–Trinajstić information content (AvgIpc) is 2.90. The molecule has 1 rings (SSSR count). The van der Waals surface area contributed by atoms with Crippen LogP contribution in [0, 0.1) is 5.92 Å². The molecule has 1 aliphatic rings. The molecule has 3 unspecified atom stereocenters. The lowest BCUT2D eigenvalue weighted by molar-refractivity contribution is -0.151. The Kier molecular flexibility index (Phi) is 10.6. The molecular formula is C19H36O3. The first-order valence-electron chi connectivity index (χ1n) is 9.57. The van der Waals surface area contributed by atoms with Crippen LogP contribution >= 0.6 is 0 Å². The first kappa shape index (κ1) is 19.5. The molecule has 0 spiro atoms. The highest BCUT2D eigenvalue weighted by Gasteiger charge is 2.38. The normalized spacial score (nSPS) is 24.7. The van der Waals surface area contributed by atoms with E-state index in [1.54, 1.807) is 0 Å². The summed E-state index contributed by atoms with van der Waals surface area (Å²) in [7, 11) is 0. The molecule has 22 heavy (non-hydrogen) atoms. The van der Waals surface area contributed by atoms with Crippen molar-refractivity contribution in [3.05, 3.63) is 0 Å². The third-order valence-corrected chi connectivity index (χ3v) is 4.88. The van der Waals surface area contributed by atoms with Crippen LogP contribution < -0.4 is 0 Å². The summed E-state index contributed by atoms with van der Waals surface area (Å²) < 4.78 is 5.82. The molecule has 130 valence electrons. The third kappa shape index (κ3) is 7.62. The first-order chi connectivity index (χ1) is 10.7. The van der Waals surface area contributed by atoms with Gasteiger partial charge in [0.25, 0.3) is 0 Å². The highest BCUT2D eigenvalue weighted by atomic mass is 16.5. The average molecular weight is 312 g/mol. The van der Waals surface area contributed by atoms with Gasteiger partial charge in [0.05, 0.1) is 6.10 Å². The molecule has 0 aromatic rings. The molecule has 3 heteroatoms. The number of carbonyl (C=O) groups is 1. The van der Waals surface area contributed by atoms with Crippen LogP contribution in [0.1, 0.15) is 97.3 Å². The molecule has 0 bridgehead atoms. The summed E-state index contributed by atoms with van der Waals surface area (Å²) in [6, 6.07) is 0. The lowest BCUT2D eigenvalue weighted by Crippen LogP contribution is -2.26. The summed E-state index contributed by atoms with van der Waals surface area (Å²) >= 11 is 0. The first-order valence-corrected chi connectivity index (χ1v) is 9.57. The van der Waals surface area contributed by atoms with Gasteiger partial charge < -0.3 is 9.84 Å². The number of carboxylic acids is 1. The Bertz CT molecular complexity index is 290. The standard InChI is InChI=1S/C19H36O3/c1-3-5-7-9-11-13-16-15-17(22-18(16)19(20)21)14-12-10-8-6-4-2/h16-18H,3-15H2,1-2H3,(H,20,21). The van der Waals surface area contributed by atoms with Crippen molar-refractivity contribution in [2.75, 3.05) is 0 Å². The van der Waals surface area contributed by atoms with E-state index in [2.05, 4.69) is 13.8 Å². The summed E-state index contributed by atoms with van der Waals surface area (Å²) in [6.45, 7) is 4.44. The number of unbranched alkanes of at least 4 members (excludes halogenated alkanes) is 8.